The van der Waals surface area contributed by atoms with Crippen LogP contribution in [0.25, 0.3) is 10.1 Å². The Kier molecular flexibility index (Phi) is 4.30. The minimum Gasteiger partial charge on any atom is -0.386 e. The van der Waals surface area contributed by atoms with Crippen molar-refractivity contribution in [3.63, 3.8) is 0 Å². The van der Waals surface area contributed by atoms with Gasteiger partial charge >= 0.3 is 0 Å². The molecule has 3 N–H and O–H groups in total. The molecule has 0 aliphatic carbocycles. The van der Waals surface area contributed by atoms with Crippen LogP contribution in [0.5, 0.6) is 0 Å². The summed E-state index contributed by atoms with van der Waals surface area (Å²) in [4.78, 5) is 12.1. The Morgan fingerprint density at radius 3 is 2.94 bits per heavy atom. The number of amides is 1. The SMILES string of the molecule is CNCC(=O)NCC(O)c1cc2ccccc2s1. The molecule has 0 fully saturated rings. The van der Waals surface area contributed by atoms with Gasteiger partial charge in [-0.2, -0.15) is 0 Å². The van der Waals surface area contributed by atoms with Crippen LogP contribution in [0.4, 0.5) is 0 Å². The first-order valence-corrected chi connectivity index (χ1v) is 6.60. The van der Waals surface area contributed by atoms with E-state index < -0.39 is 6.10 Å². The van der Waals surface area contributed by atoms with E-state index in [0.29, 0.717) is 0 Å². The van der Waals surface area contributed by atoms with Gasteiger partial charge < -0.3 is 15.7 Å². The number of thiophene rings is 1. The predicted octanol–water partition coefficient (Wildman–Crippen LogP) is 1.27. The van der Waals surface area contributed by atoms with E-state index in [1.807, 2.05) is 30.3 Å². The molecule has 96 valence electrons. The van der Waals surface area contributed by atoms with Crippen molar-refractivity contribution >= 4 is 27.3 Å². The summed E-state index contributed by atoms with van der Waals surface area (Å²) in [5.41, 5.74) is 0. The highest BCUT2D eigenvalue weighted by Crippen LogP contribution is 2.29. The topological polar surface area (TPSA) is 61.4 Å². The molecule has 1 amide bonds. The molecule has 0 aliphatic rings. The Bertz CT molecular complexity index is 506. The normalized spacial score (nSPS) is 12.6. The predicted molar refractivity (Wildman–Crippen MR) is 73.7 cm³/mol. The molecule has 1 aromatic carbocycles. The number of hydrogen-bond donors (Lipinski definition) is 3. The monoisotopic (exact) mass is 264 g/mol. The Morgan fingerprint density at radius 2 is 2.22 bits per heavy atom. The molecule has 1 atom stereocenters. The summed E-state index contributed by atoms with van der Waals surface area (Å²) in [6, 6.07) is 9.95. The molecule has 2 aromatic rings. The first kappa shape index (κ1) is 13.0. The molecule has 1 aromatic heterocycles. The molecule has 0 saturated heterocycles. The third kappa shape index (κ3) is 3.07. The van der Waals surface area contributed by atoms with Gasteiger partial charge in [0.15, 0.2) is 0 Å². The van der Waals surface area contributed by atoms with Crippen molar-refractivity contribution in [2.24, 2.45) is 0 Å². The molecule has 0 saturated carbocycles. The zero-order chi connectivity index (χ0) is 13.0. The number of carbonyl (C=O) groups excluding carboxylic acids is 1. The van der Waals surface area contributed by atoms with Crippen LogP contribution in [0, 0.1) is 0 Å². The summed E-state index contributed by atoms with van der Waals surface area (Å²) in [5, 5.41) is 16.6. The first-order chi connectivity index (χ1) is 8.70. The second-order valence-electron chi connectivity index (χ2n) is 4.04. The molecule has 2 rings (SSSR count). The Morgan fingerprint density at radius 1 is 1.44 bits per heavy atom. The zero-order valence-electron chi connectivity index (χ0n) is 10.1. The minimum atomic E-state index is -0.650. The fraction of sp³-hybridized carbons (Fsp3) is 0.308. The van der Waals surface area contributed by atoms with Crippen LogP contribution in [0.2, 0.25) is 0 Å². The average Bonchev–Trinajstić information content (AvgIpc) is 2.80. The van der Waals surface area contributed by atoms with Crippen LogP contribution >= 0.6 is 11.3 Å². The molecule has 4 nitrogen and oxygen atoms in total. The lowest BCUT2D eigenvalue weighted by atomic mass is 10.2. The summed E-state index contributed by atoms with van der Waals surface area (Å²) in [7, 11) is 1.71. The van der Waals surface area contributed by atoms with Gasteiger partial charge in [-0.05, 0) is 24.6 Å². The van der Waals surface area contributed by atoms with Crippen molar-refractivity contribution in [1.29, 1.82) is 0 Å². The fourth-order valence-corrected chi connectivity index (χ4v) is 2.75. The smallest absolute Gasteiger partial charge is 0.234 e. The van der Waals surface area contributed by atoms with Gasteiger partial charge in [0.2, 0.25) is 5.91 Å². The quantitative estimate of drug-likeness (QED) is 0.762. The van der Waals surface area contributed by atoms with Gasteiger partial charge in [0, 0.05) is 16.1 Å². The van der Waals surface area contributed by atoms with Crippen LogP contribution in [-0.2, 0) is 4.79 Å². The zero-order valence-corrected chi connectivity index (χ0v) is 11.0. The van der Waals surface area contributed by atoms with Crippen molar-refractivity contribution in [1.82, 2.24) is 10.6 Å². The van der Waals surface area contributed by atoms with Gasteiger partial charge in [0.05, 0.1) is 6.54 Å². The van der Waals surface area contributed by atoms with Gasteiger partial charge in [0.1, 0.15) is 6.10 Å². The summed E-state index contributed by atoms with van der Waals surface area (Å²) in [5.74, 6) is -0.113. The van der Waals surface area contributed by atoms with E-state index in [4.69, 9.17) is 0 Å². The number of hydrogen-bond acceptors (Lipinski definition) is 4. The van der Waals surface area contributed by atoms with Crippen LogP contribution < -0.4 is 10.6 Å². The van der Waals surface area contributed by atoms with Crippen LogP contribution in [-0.4, -0.2) is 31.2 Å². The number of aliphatic hydroxyl groups excluding tert-OH is 1. The second-order valence-corrected chi connectivity index (χ2v) is 5.15. The average molecular weight is 264 g/mol. The lowest BCUT2D eigenvalue weighted by molar-refractivity contribution is -0.120. The molecule has 18 heavy (non-hydrogen) atoms. The summed E-state index contributed by atoms with van der Waals surface area (Å²) in [6.45, 7) is 0.506. The third-order valence-electron chi connectivity index (χ3n) is 2.60. The maximum absolute atomic E-state index is 11.3. The maximum Gasteiger partial charge on any atom is 0.234 e. The van der Waals surface area contributed by atoms with Gasteiger partial charge in [0.25, 0.3) is 0 Å². The molecule has 0 radical (unpaired) electrons. The highest BCUT2D eigenvalue weighted by Gasteiger charge is 2.12. The van der Waals surface area contributed by atoms with Crippen molar-refractivity contribution < 1.29 is 9.90 Å². The van der Waals surface area contributed by atoms with E-state index in [-0.39, 0.29) is 19.0 Å². The van der Waals surface area contributed by atoms with Crippen molar-refractivity contribution in [2.75, 3.05) is 20.1 Å². The summed E-state index contributed by atoms with van der Waals surface area (Å²) < 4.78 is 1.15. The Labute approximate surface area is 110 Å². The maximum atomic E-state index is 11.3. The van der Waals surface area contributed by atoms with Crippen LogP contribution in [0.3, 0.4) is 0 Å². The van der Waals surface area contributed by atoms with Crippen molar-refractivity contribution in [2.45, 2.75) is 6.10 Å². The molecule has 1 unspecified atom stereocenters. The largest absolute Gasteiger partial charge is 0.386 e. The van der Waals surface area contributed by atoms with E-state index in [1.54, 1.807) is 18.4 Å². The lowest BCUT2D eigenvalue weighted by Gasteiger charge is -2.09. The lowest BCUT2D eigenvalue weighted by Crippen LogP contribution is -2.34. The van der Waals surface area contributed by atoms with Crippen LogP contribution in [0.1, 0.15) is 11.0 Å². The summed E-state index contributed by atoms with van der Waals surface area (Å²) >= 11 is 1.55. The number of benzene rings is 1. The summed E-state index contributed by atoms with van der Waals surface area (Å²) in [6.07, 6.45) is -0.650. The van der Waals surface area contributed by atoms with Gasteiger partial charge in [-0.1, -0.05) is 18.2 Å². The fourth-order valence-electron chi connectivity index (χ4n) is 1.70. The standard InChI is InChI=1S/C13H16N2O2S/c1-14-8-13(17)15-7-10(16)12-6-9-4-2-3-5-11(9)18-12/h2-6,10,14,16H,7-8H2,1H3,(H,15,17). The second kappa shape index (κ2) is 5.95. The van der Waals surface area contributed by atoms with Gasteiger partial charge in [-0.3, -0.25) is 4.79 Å². The van der Waals surface area contributed by atoms with Crippen LogP contribution in [0.15, 0.2) is 30.3 Å². The molecule has 0 aliphatic heterocycles. The number of likely N-dealkylation sites (N-methyl/N-ethyl adjacent to an activating group) is 1. The van der Waals surface area contributed by atoms with E-state index >= 15 is 0 Å². The molecule has 0 spiro atoms. The van der Waals surface area contributed by atoms with Crippen molar-refractivity contribution in [3.8, 4) is 0 Å². The van der Waals surface area contributed by atoms with E-state index in [1.165, 1.54) is 0 Å². The number of rotatable bonds is 5. The van der Waals surface area contributed by atoms with Gasteiger partial charge in [-0.25, -0.2) is 0 Å². The van der Waals surface area contributed by atoms with E-state index in [9.17, 15) is 9.90 Å². The Hall–Kier alpha value is -1.43. The molecule has 1 heterocycles. The third-order valence-corrected chi connectivity index (χ3v) is 3.82. The number of fused-ring (bicyclic) bond motifs is 1. The Balaban J connectivity index is 2.00. The first-order valence-electron chi connectivity index (χ1n) is 5.78. The molecule has 5 heteroatoms. The molecular formula is C13H16N2O2S. The highest BCUT2D eigenvalue weighted by atomic mass is 32.1. The van der Waals surface area contributed by atoms with E-state index in [0.717, 1.165) is 15.0 Å². The number of nitrogens with one attached hydrogen (secondary N) is 2. The van der Waals surface area contributed by atoms with Gasteiger partial charge in [-0.15, -0.1) is 11.3 Å². The number of carbonyl (C=O) groups is 1. The van der Waals surface area contributed by atoms with Crippen molar-refractivity contribution in [3.05, 3.63) is 35.2 Å². The molecular weight excluding hydrogens is 248 g/mol. The highest BCUT2D eigenvalue weighted by molar-refractivity contribution is 7.19. The number of aliphatic hydroxyl groups is 1. The molecule has 0 bridgehead atoms. The minimum absolute atomic E-state index is 0.113. The van der Waals surface area contributed by atoms with E-state index in [2.05, 4.69) is 10.6 Å².